The van der Waals surface area contributed by atoms with Crippen molar-refractivity contribution >= 4 is 46.7 Å². The maximum absolute atomic E-state index is 14.1. The molecule has 0 spiro atoms. The van der Waals surface area contributed by atoms with Gasteiger partial charge in [-0.15, -0.1) is 0 Å². The third kappa shape index (κ3) is 4.17. The highest BCUT2D eigenvalue weighted by molar-refractivity contribution is 9.10. The van der Waals surface area contributed by atoms with Gasteiger partial charge in [0.1, 0.15) is 5.37 Å². The zero-order valence-electron chi connectivity index (χ0n) is 18.6. The van der Waals surface area contributed by atoms with Gasteiger partial charge in [0.25, 0.3) is 10.2 Å². The molecule has 0 bridgehead atoms. The third-order valence-electron chi connectivity index (χ3n) is 5.86. The zero-order chi connectivity index (χ0) is 24.7. The fourth-order valence-corrected chi connectivity index (χ4v) is 8.11. The minimum Gasteiger partial charge on any atom is -0.379 e. The van der Waals surface area contributed by atoms with E-state index in [0.717, 1.165) is 10.2 Å². The topological polar surface area (TPSA) is 133 Å². The monoisotopic (exact) mass is 572 g/mol. The van der Waals surface area contributed by atoms with Crippen LogP contribution in [0.3, 0.4) is 0 Å². The van der Waals surface area contributed by atoms with Crippen molar-refractivity contribution in [2.75, 3.05) is 37.7 Å². The predicted octanol–water partition coefficient (Wildman–Crippen LogP) is 0.560. The van der Waals surface area contributed by atoms with Gasteiger partial charge in [-0.2, -0.15) is 17.0 Å². The van der Waals surface area contributed by atoms with E-state index in [1.54, 1.807) is 32.0 Å². The van der Waals surface area contributed by atoms with Crippen LogP contribution in [0.4, 0.5) is 0 Å². The average Bonchev–Trinajstić information content (AvgIpc) is 3.16. The summed E-state index contributed by atoms with van der Waals surface area (Å²) in [6.07, 6.45) is 0. The molecular weight excluding hydrogens is 548 g/mol. The number of rotatable bonds is 7. The molecular formula is C20H25BrN6O5S2. The van der Waals surface area contributed by atoms with Crippen molar-refractivity contribution in [1.82, 2.24) is 13.9 Å². The zero-order valence-corrected chi connectivity index (χ0v) is 21.8. The Kier molecular flexibility index (Phi) is 6.88. The first-order valence-electron chi connectivity index (χ1n) is 10.7. The molecule has 2 aromatic carbocycles. The predicted molar refractivity (Wildman–Crippen MR) is 127 cm³/mol. The van der Waals surface area contributed by atoms with Crippen LogP contribution in [0.5, 0.6) is 0 Å². The molecule has 1 saturated heterocycles. The van der Waals surface area contributed by atoms with E-state index in [-0.39, 0.29) is 47.8 Å². The number of aromatic nitrogens is 2. The van der Waals surface area contributed by atoms with Crippen LogP contribution in [0, 0.1) is 5.41 Å². The van der Waals surface area contributed by atoms with Gasteiger partial charge in [-0.1, -0.05) is 55.0 Å². The molecule has 11 nitrogen and oxygen atoms in total. The first-order valence-corrected chi connectivity index (χ1v) is 14.4. The van der Waals surface area contributed by atoms with Crippen LogP contribution in [0.2, 0.25) is 0 Å². The summed E-state index contributed by atoms with van der Waals surface area (Å²) in [6, 6.07) is 12.1. The summed E-state index contributed by atoms with van der Waals surface area (Å²) in [5.74, 6) is 0. The Morgan fingerprint density at radius 2 is 1.79 bits per heavy atom. The third-order valence-corrected chi connectivity index (χ3v) is 10.8. The van der Waals surface area contributed by atoms with E-state index in [2.05, 4.69) is 21.2 Å². The molecule has 0 aliphatic carbocycles. The highest BCUT2D eigenvalue weighted by Crippen LogP contribution is 2.29. The molecule has 4 rings (SSSR count). The van der Waals surface area contributed by atoms with E-state index in [4.69, 9.17) is 9.93 Å². The van der Waals surface area contributed by atoms with Gasteiger partial charge < -0.3 is 4.52 Å². The molecule has 1 fully saturated rings. The number of hydrogen-bond acceptors (Lipinski definition) is 7. The molecule has 1 aliphatic rings. The van der Waals surface area contributed by atoms with Crippen LogP contribution in [0.1, 0.15) is 13.8 Å². The molecule has 1 aromatic heterocycles. The van der Waals surface area contributed by atoms with E-state index >= 15 is 0 Å². The van der Waals surface area contributed by atoms with Crippen molar-refractivity contribution in [2.45, 2.75) is 24.1 Å². The second kappa shape index (κ2) is 9.41. The highest BCUT2D eigenvalue weighted by atomic mass is 79.9. The van der Waals surface area contributed by atoms with E-state index < -0.39 is 25.4 Å². The van der Waals surface area contributed by atoms with Gasteiger partial charge >= 0.3 is 10.2 Å². The summed E-state index contributed by atoms with van der Waals surface area (Å²) in [5, 5.41) is 13.0. The van der Waals surface area contributed by atoms with Crippen LogP contribution in [-0.2, 0) is 20.0 Å². The lowest BCUT2D eigenvalue weighted by Crippen LogP contribution is -2.73. The number of nitrogens with zero attached hydrogens (tertiary/aromatic N) is 5. The number of piperazine rings is 1. The Hall–Kier alpha value is -2.26. The van der Waals surface area contributed by atoms with E-state index in [1.807, 2.05) is 18.2 Å². The van der Waals surface area contributed by atoms with E-state index in [0.29, 0.717) is 5.39 Å². The maximum atomic E-state index is 14.1. The number of fused-ring (bicyclic) bond motifs is 1. The Labute approximate surface area is 206 Å². The molecule has 34 heavy (non-hydrogen) atoms. The van der Waals surface area contributed by atoms with Gasteiger partial charge in [-0.3, -0.25) is 10.4 Å². The van der Waals surface area contributed by atoms with Crippen molar-refractivity contribution in [3.05, 3.63) is 52.6 Å². The minimum atomic E-state index is -4.11. The maximum Gasteiger partial charge on any atom is 0.332 e. The second-order valence-electron chi connectivity index (χ2n) is 7.67. The lowest BCUT2D eigenvalue weighted by molar-refractivity contribution is -0.775. The standard InChI is InChI=1S/C20H25BrN6O5S2/c1-3-24(4-2)34(30,31)25-12-13-26(27-19(21)20(22)32-23-27)18(14-25)33(28,29)17-11-7-9-15-8-5-6-10-16(15)17/h5-11,18,22H,3-4,12-14H2,1-2H3. The quantitative estimate of drug-likeness (QED) is 0.409. The first-order chi connectivity index (χ1) is 16.1. The van der Waals surface area contributed by atoms with Crippen molar-refractivity contribution < 1.29 is 26.1 Å². The summed E-state index contributed by atoms with van der Waals surface area (Å²) in [4.78, 5) is 1.26. The van der Waals surface area contributed by atoms with E-state index in [9.17, 15) is 16.8 Å². The van der Waals surface area contributed by atoms with Crippen LogP contribution in [-0.4, -0.2) is 63.5 Å². The highest BCUT2D eigenvalue weighted by Gasteiger charge is 2.43. The van der Waals surface area contributed by atoms with Gasteiger partial charge in [-0.05, 0) is 16.7 Å². The molecule has 0 amide bonds. The summed E-state index contributed by atoms with van der Waals surface area (Å²) in [5.41, 5.74) is -0.278. The molecule has 1 atom stereocenters. The first kappa shape index (κ1) is 24.9. The molecule has 1 N–H and O–H groups in total. The molecule has 1 unspecified atom stereocenters. The summed E-state index contributed by atoms with van der Waals surface area (Å²) in [7, 11) is -7.99. The van der Waals surface area contributed by atoms with Gasteiger partial charge in [0.2, 0.25) is 0 Å². The van der Waals surface area contributed by atoms with Crippen LogP contribution in [0.25, 0.3) is 10.8 Å². The fourth-order valence-electron chi connectivity index (χ4n) is 4.11. The molecule has 3 aromatic rings. The van der Waals surface area contributed by atoms with Crippen LogP contribution in [0.15, 0.2) is 56.5 Å². The Bertz CT molecular complexity index is 1460. The van der Waals surface area contributed by atoms with Gasteiger partial charge in [0.05, 0.1) is 4.90 Å². The number of sulfone groups is 1. The summed E-state index contributed by atoms with van der Waals surface area (Å²) < 4.78 is 62.2. The summed E-state index contributed by atoms with van der Waals surface area (Å²) in [6.45, 7) is 3.76. The Balaban J connectivity index is 1.85. The number of benzene rings is 2. The smallest absolute Gasteiger partial charge is 0.332 e. The molecule has 14 heteroatoms. The average molecular weight is 573 g/mol. The lowest BCUT2D eigenvalue weighted by Gasteiger charge is -2.42. The number of nitrogens with one attached hydrogen (secondary N) is 1. The van der Waals surface area contributed by atoms with Crippen LogP contribution >= 0.6 is 15.9 Å². The van der Waals surface area contributed by atoms with Gasteiger partial charge in [0, 0.05) is 54.0 Å². The second-order valence-corrected chi connectivity index (χ2v) is 12.4. The van der Waals surface area contributed by atoms with Crippen molar-refractivity contribution in [3.8, 4) is 0 Å². The van der Waals surface area contributed by atoms with Gasteiger partial charge in [0.15, 0.2) is 9.84 Å². The van der Waals surface area contributed by atoms with Crippen molar-refractivity contribution in [2.24, 2.45) is 0 Å². The molecule has 2 heterocycles. The van der Waals surface area contributed by atoms with Crippen molar-refractivity contribution in [3.63, 3.8) is 0 Å². The number of halogens is 1. The van der Waals surface area contributed by atoms with Crippen LogP contribution < -0.4 is 20.6 Å². The molecule has 0 radical (unpaired) electrons. The number of hydrogen-bond donors (Lipinski definition) is 1. The largest absolute Gasteiger partial charge is 0.379 e. The Morgan fingerprint density at radius 1 is 1.12 bits per heavy atom. The molecule has 1 aliphatic heterocycles. The van der Waals surface area contributed by atoms with Gasteiger partial charge in [-0.25, -0.2) is 8.42 Å². The normalized spacial score (nSPS) is 18.1. The molecule has 0 saturated carbocycles. The Morgan fingerprint density at radius 3 is 2.44 bits per heavy atom. The minimum absolute atomic E-state index is 0.0183. The fraction of sp³-hybridized carbons (Fsp3) is 0.400. The molecule has 184 valence electrons. The lowest BCUT2D eigenvalue weighted by atomic mass is 10.1. The van der Waals surface area contributed by atoms with E-state index in [1.165, 1.54) is 19.7 Å². The summed E-state index contributed by atoms with van der Waals surface area (Å²) >= 11 is 3.22. The van der Waals surface area contributed by atoms with Crippen molar-refractivity contribution in [1.29, 1.82) is 5.41 Å². The SMILES string of the molecule is CCN(CC)S(=O)(=O)N1CCN([n+]2[n-]oc(=N)c2Br)C(S(=O)(=O)c2cccc3ccccc23)C1.